The summed E-state index contributed by atoms with van der Waals surface area (Å²) in [5, 5.41) is 16.4. The van der Waals surface area contributed by atoms with Gasteiger partial charge in [0.15, 0.2) is 0 Å². The molecule has 37 heavy (non-hydrogen) atoms. The topological polar surface area (TPSA) is 98.7 Å². The van der Waals surface area contributed by atoms with Gasteiger partial charge in [-0.25, -0.2) is 0 Å². The van der Waals surface area contributed by atoms with E-state index >= 15 is 0 Å². The van der Waals surface area contributed by atoms with Crippen LogP contribution in [0.5, 0.6) is 0 Å². The molecule has 3 amide bonds. The number of hydrogen-bond acceptors (Lipinski definition) is 4. The van der Waals surface area contributed by atoms with E-state index in [1.54, 1.807) is 11.9 Å². The third kappa shape index (κ3) is 6.43. The molecular formula is C30H45N3O4. The zero-order valence-electron chi connectivity index (χ0n) is 23.5. The van der Waals surface area contributed by atoms with Crippen LogP contribution < -0.4 is 10.6 Å². The first kappa shape index (κ1) is 28.9. The van der Waals surface area contributed by atoms with E-state index in [2.05, 4.69) is 31.4 Å². The van der Waals surface area contributed by atoms with E-state index < -0.39 is 35.4 Å². The normalized spacial score (nSPS) is 26.5. The minimum Gasteiger partial charge on any atom is -0.394 e. The van der Waals surface area contributed by atoms with Gasteiger partial charge >= 0.3 is 0 Å². The summed E-state index contributed by atoms with van der Waals surface area (Å²) in [5.41, 5.74) is 0.469. The minimum atomic E-state index is -0.807. The Labute approximate surface area is 222 Å². The van der Waals surface area contributed by atoms with Gasteiger partial charge in [0, 0.05) is 18.5 Å². The molecule has 1 fully saturated rings. The van der Waals surface area contributed by atoms with Crippen LogP contribution in [0.2, 0.25) is 0 Å². The molecule has 7 heteroatoms. The van der Waals surface area contributed by atoms with Gasteiger partial charge in [-0.1, -0.05) is 70.2 Å². The van der Waals surface area contributed by atoms with Crippen LogP contribution in [0.4, 0.5) is 0 Å². The van der Waals surface area contributed by atoms with Crippen LogP contribution in [0.25, 0.3) is 0 Å². The van der Waals surface area contributed by atoms with Crippen molar-refractivity contribution >= 4 is 17.7 Å². The highest BCUT2D eigenvalue weighted by Gasteiger charge is 2.58. The number of carbonyl (C=O) groups excluding carboxylic acids is 3. The van der Waals surface area contributed by atoms with Crippen molar-refractivity contribution in [3.05, 3.63) is 48.0 Å². The Morgan fingerprint density at radius 3 is 2.24 bits per heavy atom. The van der Waals surface area contributed by atoms with Crippen LogP contribution in [-0.4, -0.2) is 59.0 Å². The number of nitrogens with zero attached hydrogens (tertiary/aromatic N) is 1. The van der Waals surface area contributed by atoms with Gasteiger partial charge in [0.1, 0.15) is 6.04 Å². The Balaban J connectivity index is 2.05. The number of aliphatic hydroxyl groups excluding tert-OH is 1. The molecule has 1 aliphatic heterocycles. The number of fused-ring (bicyclic) bond motifs is 1. The first-order chi connectivity index (χ1) is 17.3. The highest BCUT2D eigenvalue weighted by atomic mass is 16.3. The molecule has 1 saturated heterocycles. The van der Waals surface area contributed by atoms with Crippen LogP contribution in [0.3, 0.4) is 0 Å². The fourth-order valence-electron chi connectivity index (χ4n) is 6.67. The molecule has 3 rings (SSSR count). The molecule has 204 valence electrons. The third-order valence-corrected chi connectivity index (χ3v) is 7.69. The Kier molecular flexibility index (Phi) is 8.89. The summed E-state index contributed by atoms with van der Waals surface area (Å²) < 4.78 is 0. The second-order valence-electron chi connectivity index (χ2n) is 12.5. The lowest BCUT2D eigenvalue weighted by Gasteiger charge is -2.38. The number of aliphatic hydroxyl groups is 1. The molecule has 1 aromatic carbocycles. The molecule has 0 bridgehead atoms. The molecule has 7 nitrogen and oxygen atoms in total. The molecule has 1 aliphatic carbocycles. The monoisotopic (exact) mass is 511 g/mol. The van der Waals surface area contributed by atoms with E-state index in [1.807, 2.05) is 63.3 Å². The second kappa shape index (κ2) is 11.4. The van der Waals surface area contributed by atoms with Gasteiger partial charge in [0.2, 0.25) is 17.7 Å². The quantitative estimate of drug-likeness (QED) is 0.443. The summed E-state index contributed by atoms with van der Waals surface area (Å²) in [6.07, 6.45) is 5.86. The Bertz CT molecular complexity index is 998. The van der Waals surface area contributed by atoms with E-state index in [0.29, 0.717) is 12.8 Å². The van der Waals surface area contributed by atoms with Crippen LogP contribution in [0.1, 0.15) is 59.9 Å². The summed E-state index contributed by atoms with van der Waals surface area (Å²) in [6, 6.07) is 8.29. The van der Waals surface area contributed by atoms with E-state index in [4.69, 9.17) is 0 Å². The molecule has 3 N–H and O–H groups in total. The summed E-state index contributed by atoms with van der Waals surface area (Å²) >= 11 is 0. The van der Waals surface area contributed by atoms with Crippen molar-refractivity contribution in [1.82, 2.24) is 15.5 Å². The third-order valence-electron chi connectivity index (χ3n) is 7.69. The van der Waals surface area contributed by atoms with Crippen LogP contribution in [0.15, 0.2) is 42.5 Å². The molecule has 0 aromatic heterocycles. The van der Waals surface area contributed by atoms with Gasteiger partial charge in [0.05, 0.1) is 24.5 Å². The van der Waals surface area contributed by atoms with Crippen LogP contribution >= 0.6 is 0 Å². The highest BCUT2D eigenvalue weighted by Crippen LogP contribution is 2.46. The smallest absolute Gasteiger partial charge is 0.243 e. The van der Waals surface area contributed by atoms with Crippen molar-refractivity contribution in [3.8, 4) is 0 Å². The molecule has 6 atom stereocenters. The van der Waals surface area contributed by atoms with Gasteiger partial charge < -0.3 is 20.6 Å². The fraction of sp³-hybridized carbons (Fsp3) is 0.633. The zero-order chi connectivity index (χ0) is 27.5. The summed E-state index contributed by atoms with van der Waals surface area (Å²) in [4.78, 5) is 42.8. The van der Waals surface area contributed by atoms with Gasteiger partial charge in [-0.15, -0.1) is 0 Å². The molecule has 1 heterocycles. The molecule has 0 spiro atoms. The molecular weight excluding hydrogens is 466 g/mol. The molecule has 1 aromatic rings. The Morgan fingerprint density at radius 2 is 1.70 bits per heavy atom. The number of allylic oxidation sites excluding steroid dienone is 1. The van der Waals surface area contributed by atoms with Crippen LogP contribution in [-0.2, 0) is 20.8 Å². The van der Waals surface area contributed by atoms with E-state index in [-0.39, 0.29) is 35.7 Å². The standard InChI is InChI=1S/C30H45N3O4/c1-8-20-14-15-22-24(23(20)26(35)31-7)28(37)33(21(17-34)16-19-12-10-9-11-13-19)25(22)27(36)32-30(5,6)18-29(2,3)4/h9-15,20-25,34H,8,16-18H2,1-7H3,(H,31,35)(H,32,36)/t20-,21-,22+,23-,24+,25+/m1/s1. The molecule has 0 unspecified atom stereocenters. The highest BCUT2D eigenvalue weighted by molar-refractivity contribution is 5.97. The molecule has 2 aliphatic rings. The maximum absolute atomic E-state index is 14.2. The van der Waals surface area contributed by atoms with Crippen LogP contribution in [0, 0.1) is 29.1 Å². The SMILES string of the molecule is CC[C@@H]1C=C[C@H]2[C@H](C(=O)N([C@@H](CO)Cc3ccccc3)[C@@H]2C(=O)NC(C)(C)CC(C)(C)C)[C@@H]1C(=O)NC. The lowest BCUT2D eigenvalue weighted by atomic mass is 9.68. The van der Waals surface area contributed by atoms with Crippen molar-refractivity contribution in [3.63, 3.8) is 0 Å². The van der Waals surface area contributed by atoms with E-state index in [1.165, 1.54) is 0 Å². The lowest BCUT2D eigenvalue weighted by Crippen LogP contribution is -2.57. The first-order valence-corrected chi connectivity index (χ1v) is 13.5. The van der Waals surface area contributed by atoms with Gasteiger partial charge in [-0.3, -0.25) is 14.4 Å². The second-order valence-corrected chi connectivity index (χ2v) is 12.5. The van der Waals surface area contributed by atoms with Gasteiger partial charge in [0.25, 0.3) is 0 Å². The van der Waals surface area contributed by atoms with Crippen molar-refractivity contribution in [2.45, 2.75) is 78.4 Å². The Morgan fingerprint density at radius 1 is 1.05 bits per heavy atom. The fourth-order valence-corrected chi connectivity index (χ4v) is 6.67. The maximum Gasteiger partial charge on any atom is 0.243 e. The number of amides is 3. The van der Waals surface area contributed by atoms with E-state index in [0.717, 1.165) is 12.0 Å². The van der Waals surface area contributed by atoms with Gasteiger partial charge in [-0.05, 0) is 50.0 Å². The summed E-state index contributed by atoms with van der Waals surface area (Å²) in [6.45, 7) is 12.1. The molecule has 0 radical (unpaired) electrons. The zero-order valence-corrected chi connectivity index (χ0v) is 23.5. The number of likely N-dealkylation sites (tertiary alicyclic amines) is 1. The lowest BCUT2D eigenvalue weighted by molar-refractivity contribution is -0.143. The summed E-state index contributed by atoms with van der Waals surface area (Å²) in [5.74, 6) is -2.40. The van der Waals surface area contributed by atoms with Crippen molar-refractivity contribution in [1.29, 1.82) is 0 Å². The minimum absolute atomic E-state index is 0.00512. The van der Waals surface area contributed by atoms with Crippen molar-refractivity contribution < 1.29 is 19.5 Å². The van der Waals surface area contributed by atoms with Gasteiger partial charge in [-0.2, -0.15) is 0 Å². The number of hydrogen-bond donors (Lipinski definition) is 3. The first-order valence-electron chi connectivity index (χ1n) is 13.5. The number of carbonyl (C=O) groups is 3. The maximum atomic E-state index is 14.2. The predicted octanol–water partition coefficient (Wildman–Crippen LogP) is 3.32. The van der Waals surface area contributed by atoms with Crippen molar-refractivity contribution in [2.24, 2.45) is 29.1 Å². The largest absolute Gasteiger partial charge is 0.394 e. The summed E-state index contributed by atoms with van der Waals surface area (Å²) in [7, 11) is 1.59. The van der Waals surface area contributed by atoms with E-state index in [9.17, 15) is 19.5 Å². The number of rotatable bonds is 9. The Hall–Kier alpha value is -2.67. The average Bonchev–Trinajstić information content (AvgIpc) is 3.12. The average molecular weight is 512 g/mol. The number of nitrogens with one attached hydrogen (secondary N) is 2. The predicted molar refractivity (Wildman–Crippen MR) is 145 cm³/mol. The number of benzene rings is 1. The molecule has 0 saturated carbocycles. The van der Waals surface area contributed by atoms with Crippen molar-refractivity contribution in [2.75, 3.05) is 13.7 Å².